The molecule has 0 radical (unpaired) electrons. The topological polar surface area (TPSA) is 76.9 Å². The number of nitrogens with one attached hydrogen (secondary N) is 1. The molecule has 0 saturated heterocycles. The van der Waals surface area contributed by atoms with Crippen LogP contribution in [-0.2, 0) is 11.3 Å². The predicted octanol–water partition coefficient (Wildman–Crippen LogP) is 1.74. The van der Waals surface area contributed by atoms with Crippen molar-refractivity contribution < 1.29 is 4.79 Å². The summed E-state index contributed by atoms with van der Waals surface area (Å²) in [5.74, 6) is 0.176. The van der Waals surface area contributed by atoms with E-state index in [1.165, 1.54) is 10.9 Å². The predicted molar refractivity (Wildman–Crippen MR) is 83.6 cm³/mol. The maximum atomic E-state index is 12.3. The number of carbonyl (C=O) groups excluding carboxylic acids is 1. The van der Waals surface area contributed by atoms with Crippen LogP contribution in [0.5, 0.6) is 0 Å². The minimum absolute atomic E-state index is 0.104. The van der Waals surface area contributed by atoms with Crippen LogP contribution in [0.2, 0.25) is 0 Å². The molecule has 0 unspecified atom stereocenters. The lowest BCUT2D eigenvalue weighted by molar-refractivity contribution is -0.116. The summed E-state index contributed by atoms with van der Waals surface area (Å²) in [6.45, 7) is 1.75. The first-order valence-corrected chi connectivity index (χ1v) is 6.81. The fourth-order valence-corrected chi connectivity index (χ4v) is 2.16. The van der Waals surface area contributed by atoms with Crippen LogP contribution in [-0.4, -0.2) is 20.4 Å². The van der Waals surface area contributed by atoms with E-state index in [1.807, 2.05) is 19.1 Å². The summed E-state index contributed by atoms with van der Waals surface area (Å²) >= 11 is 0. The summed E-state index contributed by atoms with van der Waals surface area (Å²) in [4.78, 5) is 32.7. The Morgan fingerprint density at radius 1 is 1.18 bits per heavy atom. The van der Waals surface area contributed by atoms with E-state index in [4.69, 9.17) is 0 Å². The van der Waals surface area contributed by atoms with Crippen molar-refractivity contribution in [3.63, 3.8) is 0 Å². The number of aryl methyl sites for hydroxylation is 1. The number of carbonyl (C=O) groups is 1. The zero-order valence-corrected chi connectivity index (χ0v) is 12.0. The van der Waals surface area contributed by atoms with Gasteiger partial charge in [0.1, 0.15) is 12.4 Å². The summed E-state index contributed by atoms with van der Waals surface area (Å²) in [5.41, 5.74) is 1.24. The summed E-state index contributed by atoms with van der Waals surface area (Å²) < 4.78 is 1.29. The average Bonchev–Trinajstić information content (AvgIpc) is 2.53. The number of nitrogens with zero attached hydrogens (tertiary/aromatic N) is 3. The lowest BCUT2D eigenvalue weighted by Crippen LogP contribution is -2.28. The Hall–Kier alpha value is -3.02. The molecule has 0 aliphatic carbocycles. The zero-order chi connectivity index (χ0) is 15.5. The van der Waals surface area contributed by atoms with Gasteiger partial charge in [0.25, 0.3) is 5.56 Å². The van der Waals surface area contributed by atoms with Crippen LogP contribution in [0.4, 0.5) is 5.82 Å². The minimum atomic E-state index is -0.319. The lowest BCUT2D eigenvalue weighted by Gasteiger charge is -2.08. The summed E-state index contributed by atoms with van der Waals surface area (Å²) in [6, 6.07) is 10.7. The first kappa shape index (κ1) is 13.9. The van der Waals surface area contributed by atoms with Gasteiger partial charge in [-0.05, 0) is 30.7 Å². The highest BCUT2D eigenvalue weighted by atomic mass is 16.2. The molecule has 3 aromatic rings. The second kappa shape index (κ2) is 5.77. The molecule has 1 aromatic carbocycles. The molecule has 22 heavy (non-hydrogen) atoms. The van der Waals surface area contributed by atoms with Gasteiger partial charge in [0, 0.05) is 6.20 Å². The number of aromatic nitrogens is 3. The molecule has 0 fully saturated rings. The molecular formula is C16H14N4O2. The molecule has 1 N–H and O–H groups in total. The summed E-state index contributed by atoms with van der Waals surface area (Å²) in [5, 5.41) is 3.19. The van der Waals surface area contributed by atoms with Crippen molar-refractivity contribution in [3.05, 3.63) is 64.8 Å². The number of fused-ring (bicyclic) bond motifs is 1. The molecule has 0 spiro atoms. The maximum Gasteiger partial charge on any atom is 0.261 e. The van der Waals surface area contributed by atoms with Gasteiger partial charge in [0.15, 0.2) is 0 Å². The third-order valence-electron chi connectivity index (χ3n) is 3.31. The molecule has 0 atom stereocenters. The fourth-order valence-electron chi connectivity index (χ4n) is 2.16. The highest BCUT2D eigenvalue weighted by molar-refractivity contribution is 5.90. The molecular weight excluding hydrogens is 280 g/mol. The van der Waals surface area contributed by atoms with Crippen LogP contribution >= 0.6 is 0 Å². The lowest BCUT2D eigenvalue weighted by atomic mass is 10.2. The molecule has 0 aliphatic heterocycles. The van der Waals surface area contributed by atoms with E-state index < -0.39 is 0 Å². The first-order valence-electron chi connectivity index (χ1n) is 6.81. The number of pyridine rings is 1. The molecule has 0 saturated carbocycles. The number of rotatable bonds is 3. The highest BCUT2D eigenvalue weighted by Crippen LogP contribution is 2.09. The average molecular weight is 294 g/mol. The van der Waals surface area contributed by atoms with Crippen LogP contribution in [0.1, 0.15) is 5.56 Å². The number of benzene rings is 1. The van der Waals surface area contributed by atoms with Gasteiger partial charge >= 0.3 is 0 Å². The molecule has 1 amide bonds. The number of hydrogen-bond acceptors (Lipinski definition) is 4. The van der Waals surface area contributed by atoms with E-state index in [0.717, 1.165) is 5.56 Å². The van der Waals surface area contributed by atoms with Crippen LogP contribution in [0.25, 0.3) is 10.9 Å². The van der Waals surface area contributed by atoms with Gasteiger partial charge in [-0.25, -0.2) is 9.97 Å². The monoisotopic (exact) mass is 294 g/mol. The van der Waals surface area contributed by atoms with Crippen molar-refractivity contribution in [2.75, 3.05) is 5.32 Å². The quantitative estimate of drug-likeness (QED) is 0.798. The third kappa shape index (κ3) is 2.71. The Bertz CT molecular complexity index is 902. The van der Waals surface area contributed by atoms with E-state index in [1.54, 1.807) is 30.5 Å². The Morgan fingerprint density at radius 3 is 2.82 bits per heavy atom. The molecule has 0 aliphatic rings. The van der Waals surface area contributed by atoms with Crippen LogP contribution < -0.4 is 10.9 Å². The standard InChI is InChI=1S/C16H14N4O2/c1-11-5-4-8-17-15(11)19-14(21)9-20-10-18-13-7-3-2-6-12(13)16(20)22/h2-8,10H,9H2,1H3,(H,17,19,21). The second-order valence-corrected chi connectivity index (χ2v) is 4.91. The SMILES string of the molecule is Cc1cccnc1NC(=O)Cn1cnc2ccccc2c1=O. The maximum absolute atomic E-state index is 12.3. The summed E-state index contributed by atoms with van der Waals surface area (Å²) in [6.07, 6.45) is 2.99. The molecule has 3 rings (SSSR count). The van der Waals surface area contributed by atoms with Gasteiger partial charge in [-0.2, -0.15) is 0 Å². The van der Waals surface area contributed by atoms with E-state index in [9.17, 15) is 9.59 Å². The van der Waals surface area contributed by atoms with Crippen LogP contribution in [0.3, 0.4) is 0 Å². The van der Waals surface area contributed by atoms with Crippen LogP contribution in [0, 0.1) is 6.92 Å². The molecule has 6 heteroatoms. The highest BCUT2D eigenvalue weighted by Gasteiger charge is 2.09. The Labute approximate surface area is 126 Å². The summed E-state index contributed by atoms with van der Waals surface area (Å²) in [7, 11) is 0. The molecule has 0 bridgehead atoms. The van der Waals surface area contributed by atoms with E-state index in [-0.39, 0.29) is 18.0 Å². The van der Waals surface area contributed by atoms with Crippen molar-refractivity contribution in [1.82, 2.24) is 14.5 Å². The third-order valence-corrected chi connectivity index (χ3v) is 3.31. The molecule has 2 aromatic heterocycles. The first-order chi connectivity index (χ1) is 10.6. The van der Waals surface area contributed by atoms with Crippen molar-refractivity contribution in [1.29, 1.82) is 0 Å². The Kier molecular flexibility index (Phi) is 3.65. The van der Waals surface area contributed by atoms with Gasteiger partial charge in [0.2, 0.25) is 5.91 Å². The number of hydrogen-bond donors (Lipinski definition) is 1. The zero-order valence-electron chi connectivity index (χ0n) is 12.0. The number of amides is 1. The second-order valence-electron chi connectivity index (χ2n) is 4.91. The van der Waals surface area contributed by atoms with Crippen molar-refractivity contribution in [3.8, 4) is 0 Å². The molecule has 6 nitrogen and oxygen atoms in total. The van der Waals surface area contributed by atoms with Crippen molar-refractivity contribution >= 4 is 22.6 Å². The van der Waals surface area contributed by atoms with Gasteiger partial charge in [0.05, 0.1) is 17.2 Å². The smallest absolute Gasteiger partial charge is 0.261 e. The normalized spacial score (nSPS) is 10.6. The minimum Gasteiger partial charge on any atom is -0.309 e. The van der Waals surface area contributed by atoms with Crippen molar-refractivity contribution in [2.45, 2.75) is 13.5 Å². The largest absolute Gasteiger partial charge is 0.309 e. The van der Waals surface area contributed by atoms with Gasteiger partial charge in [-0.15, -0.1) is 0 Å². The van der Waals surface area contributed by atoms with E-state index in [0.29, 0.717) is 16.7 Å². The number of anilines is 1. The number of para-hydroxylation sites is 1. The van der Waals surface area contributed by atoms with Gasteiger partial charge in [-0.3, -0.25) is 14.2 Å². The Balaban J connectivity index is 1.84. The van der Waals surface area contributed by atoms with Crippen molar-refractivity contribution in [2.24, 2.45) is 0 Å². The fraction of sp³-hybridized carbons (Fsp3) is 0.125. The Morgan fingerprint density at radius 2 is 2.00 bits per heavy atom. The van der Waals surface area contributed by atoms with E-state index in [2.05, 4.69) is 15.3 Å². The molecule has 2 heterocycles. The van der Waals surface area contributed by atoms with Crippen LogP contribution in [0.15, 0.2) is 53.7 Å². The van der Waals surface area contributed by atoms with Gasteiger partial charge in [-0.1, -0.05) is 18.2 Å². The molecule has 110 valence electrons. The van der Waals surface area contributed by atoms with E-state index >= 15 is 0 Å². The van der Waals surface area contributed by atoms with Gasteiger partial charge < -0.3 is 5.32 Å².